The van der Waals surface area contributed by atoms with E-state index in [4.69, 9.17) is 0 Å². The van der Waals surface area contributed by atoms with Crippen molar-refractivity contribution in [3.05, 3.63) is 35.5 Å². The molecule has 0 aliphatic carbocycles. The number of alkyl halides is 3. The predicted molar refractivity (Wildman–Crippen MR) is 60.8 cm³/mol. The molecule has 2 rings (SSSR count). The highest BCUT2D eigenvalue weighted by atomic mass is 19.4. The quantitative estimate of drug-likeness (QED) is 0.840. The molecular weight excluding hydrogens is 267 g/mol. The molecule has 1 N–H and O–H groups in total. The van der Waals surface area contributed by atoms with Crippen LogP contribution in [0.2, 0.25) is 0 Å². The van der Waals surface area contributed by atoms with Crippen molar-refractivity contribution in [3.63, 3.8) is 0 Å². The van der Waals surface area contributed by atoms with Gasteiger partial charge < -0.3 is 5.32 Å². The standard InChI is InChI=1S/C12H9F5N2/c1-2-18-9-5-10(12(15,16)17)19-11-7(9)3-6(13)4-8(11)14/h3-5H,2H2,1H3,(H,18,19). The SMILES string of the molecule is CCNc1cc(C(F)(F)F)nc2c(F)cc(F)cc12. The smallest absolute Gasteiger partial charge is 0.385 e. The molecule has 0 saturated carbocycles. The number of rotatable bonds is 2. The molecule has 102 valence electrons. The fraction of sp³-hybridized carbons (Fsp3) is 0.250. The van der Waals surface area contributed by atoms with Crippen LogP contribution in [0.4, 0.5) is 27.6 Å². The number of halogens is 5. The van der Waals surface area contributed by atoms with E-state index in [1.54, 1.807) is 6.92 Å². The Morgan fingerprint density at radius 1 is 1.16 bits per heavy atom. The first-order chi connectivity index (χ1) is 8.82. The summed E-state index contributed by atoms with van der Waals surface area (Å²) in [6, 6.07) is 2.19. The number of anilines is 1. The van der Waals surface area contributed by atoms with Gasteiger partial charge in [-0.1, -0.05) is 0 Å². The molecule has 1 aromatic carbocycles. The summed E-state index contributed by atoms with van der Waals surface area (Å²) in [6.07, 6.45) is -4.70. The number of pyridine rings is 1. The Balaban J connectivity index is 2.79. The van der Waals surface area contributed by atoms with E-state index in [-0.39, 0.29) is 11.1 Å². The molecule has 2 aromatic rings. The average Bonchev–Trinajstić information content (AvgIpc) is 2.28. The molecule has 0 amide bonds. The number of benzene rings is 1. The Labute approximate surface area is 105 Å². The summed E-state index contributed by atoms with van der Waals surface area (Å²) in [7, 11) is 0. The van der Waals surface area contributed by atoms with Crippen LogP contribution in [-0.4, -0.2) is 11.5 Å². The first kappa shape index (κ1) is 13.5. The van der Waals surface area contributed by atoms with Gasteiger partial charge in [-0.15, -0.1) is 0 Å². The molecule has 0 aliphatic rings. The number of nitrogens with one attached hydrogen (secondary N) is 1. The van der Waals surface area contributed by atoms with Gasteiger partial charge >= 0.3 is 6.18 Å². The van der Waals surface area contributed by atoms with E-state index < -0.39 is 29.0 Å². The molecule has 1 aromatic heterocycles. The van der Waals surface area contributed by atoms with Crippen molar-refractivity contribution in [1.29, 1.82) is 0 Å². The summed E-state index contributed by atoms with van der Waals surface area (Å²) in [6.45, 7) is 1.98. The molecule has 0 atom stereocenters. The Hall–Kier alpha value is -1.92. The van der Waals surface area contributed by atoms with Gasteiger partial charge in [0.1, 0.15) is 17.0 Å². The third-order valence-corrected chi connectivity index (χ3v) is 2.49. The molecule has 0 bridgehead atoms. The lowest BCUT2D eigenvalue weighted by Crippen LogP contribution is -2.10. The van der Waals surface area contributed by atoms with E-state index in [0.717, 1.165) is 12.1 Å². The van der Waals surface area contributed by atoms with Gasteiger partial charge in [0.15, 0.2) is 5.82 Å². The third-order valence-electron chi connectivity index (χ3n) is 2.49. The van der Waals surface area contributed by atoms with Crippen molar-refractivity contribution in [2.75, 3.05) is 11.9 Å². The van der Waals surface area contributed by atoms with Crippen molar-refractivity contribution in [2.24, 2.45) is 0 Å². The Morgan fingerprint density at radius 2 is 1.84 bits per heavy atom. The topological polar surface area (TPSA) is 24.9 Å². The number of hydrogen-bond acceptors (Lipinski definition) is 2. The zero-order valence-corrected chi connectivity index (χ0v) is 9.78. The van der Waals surface area contributed by atoms with Gasteiger partial charge in [0, 0.05) is 23.7 Å². The van der Waals surface area contributed by atoms with Crippen LogP contribution in [0.15, 0.2) is 18.2 Å². The maximum absolute atomic E-state index is 13.5. The van der Waals surface area contributed by atoms with Crippen LogP contribution in [-0.2, 0) is 6.18 Å². The van der Waals surface area contributed by atoms with Crippen molar-refractivity contribution in [2.45, 2.75) is 13.1 Å². The lowest BCUT2D eigenvalue weighted by atomic mass is 10.1. The van der Waals surface area contributed by atoms with Gasteiger partial charge in [-0.25, -0.2) is 13.8 Å². The summed E-state index contributed by atoms with van der Waals surface area (Å²) in [5, 5.41) is 2.62. The molecule has 0 spiro atoms. The summed E-state index contributed by atoms with van der Waals surface area (Å²) in [5.74, 6) is -1.99. The minimum absolute atomic E-state index is 0.00164. The van der Waals surface area contributed by atoms with Gasteiger partial charge in [-0.05, 0) is 19.1 Å². The van der Waals surface area contributed by atoms with Gasteiger partial charge in [-0.2, -0.15) is 13.2 Å². The third kappa shape index (κ3) is 2.59. The number of fused-ring (bicyclic) bond motifs is 1. The zero-order chi connectivity index (χ0) is 14.2. The van der Waals surface area contributed by atoms with E-state index in [0.29, 0.717) is 12.6 Å². The second-order valence-electron chi connectivity index (χ2n) is 3.87. The number of hydrogen-bond donors (Lipinski definition) is 1. The van der Waals surface area contributed by atoms with Crippen molar-refractivity contribution >= 4 is 16.6 Å². The fourth-order valence-electron chi connectivity index (χ4n) is 1.73. The molecule has 0 fully saturated rings. The number of nitrogens with zero attached hydrogens (tertiary/aromatic N) is 1. The van der Waals surface area contributed by atoms with Crippen molar-refractivity contribution in [1.82, 2.24) is 4.98 Å². The molecule has 2 nitrogen and oxygen atoms in total. The Morgan fingerprint density at radius 3 is 2.42 bits per heavy atom. The predicted octanol–water partition coefficient (Wildman–Crippen LogP) is 3.96. The van der Waals surface area contributed by atoms with Gasteiger partial charge in [-0.3, -0.25) is 0 Å². The second kappa shape index (κ2) is 4.64. The lowest BCUT2D eigenvalue weighted by molar-refractivity contribution is -0.140. The van der Waals surface area contributed by atoms with Gasteiger partial charge in [0.25, 0.3) is 0 Å². The largest absolute Gasteiger partial charge is 0.433 e. The van der Waals surface area contributed by atoms with Gasteiger partial charge in [0.05, 0.1) is 0 Å². The van der Waals surface area contributed by atoms with Crippen LogP contribution < -0.4 is 5.32 Å². The van der Waals surface area contributed by atoms with Gasteiger partial charge in [0.2, 0.25) is 0 Å². The highest BCUT2D eigenvalue weighted by molar-refractivity contribution is 5.92. The van der Waals surface area contributed by atoms with Crippen molar-refractivity contribution < 1.29 is 22.0 Å². The average molecular weight is 276 g/mol. The molecule has 0 radical (unpaired) electrons. The molecule has 0 unspecified atom stereocenters. The van der Waals surface area contributed by atoms with E-state index in [1.807, 2.05) is 0 Å². The van der Waals surface area contributed by atoms with Crippen LogP contribution in [0.3, 0.4) is 0 Å². The van der Waals surface area contributed by atoms with Crippen LogP contribution in [0.5, 0.6) is 0 Å². The zero-order valence-electron chi connectivity index (χ0n) is 9.78. The maximum Gasteiger partial charge on any atom is 0.433 e. The first-order valence-electron chi connectivity index (χ1n) is 5.43. The summed E-state index contributed by atoms with van der Waals surface area (Å²) < 4.78 is 64.7. The minimum Gasteiger partial charge on any atom is -0.385 e. The molecule has 0 aliphatic heterocycles. The maximum atomic E-state index is 13.5. The molecule has 0 saturated heterocycles. The number of aromatic nitrogens is 1. The van der Waals surface area contributed by atoms with E-state index in [9.17, 15) is 22.0 Å². The van der Waals surface area contributed by atoms with Crippen LogP contribution in [0.1, 0.15) is 12.6 Å². The lowest BCUT2D eigenvalue weighted by Gasteiger charge is -2.13. The minimum atomic E-state index is -4.70. The normalized spacial score (nSPS) is 11.9. The second-order valence-corrected chi connectivity index (χ2v) is 3.87. The summed E-state index contributed by atoms with van der Waals surface area (Å²) in [4.78, 5) is 3.22. The van der Waals surface area contributed by atoms with Crippen molar-refractivity contribution in [3.8, 4) is 0 Å². The summed E-state index contributed by atoms with van der Waals surface area (Å²) in [5.41, 5.74) is -1.73. The first-order valence-corrected chi connectivity index (χ1v) is 5.43. The van der Waals surface area contributed by atoms with Crippen LogP contribution in [0, 0.1) is 11.6 Å². The highest BCUT2D eigenvalue weighted by Gasteiger charge is 2.33. The van der Waals surface area contributed by atoms with E-state index in [1.165, 1.54) is 0 Å². The Bertz CT molecular complexity index is 622. The summed E-state index contributed by atoms with van der Waals surface area (Å²) >= 11 is 0. The van der Waals surface area contributed by atoms with E-state index in [2.05, 4.69) is 10.3 Å². The van der Waals surface area contributed by atoms with Crippen LogP contribution in [0.25, 0.3) is 10.9 Å². The Kier molecular flexibility index (Phi) is 3.30. The fourth-order valence-corrected chi connectivity index (χ4v) is 1.73. The monoisotopic (exact) mass is 276 g/mol. The van der Waals surface area contributed by atoms with Crippen LogP contribution >= 0.6 is 0 Å². The molecule has 7 heteroatoms. The highest BCUT2D eigenvalue weighted by Crippen LogP contribution is 2.34. The molecule has 19 heavy (non-hydrogen) atoms. The molecular formula is C12H9F5N2. The molecule has 1 heterocycles. The van der Waals surface area contributed by atoms with E-state index >= 15 is 0 Å².